The van der Waals surface area contributed by atoms with E-state index in [-0.39, 0.29) is 5.69 Å². The first kappa shape index (κ1) is 12.9. The van der Waals surface area contributed by atoms with Gasteiger partial charge >= 0.3 is 5.69 Å². The summed E-state index contributed by atoms with van der Waals surface area (Å²) < 4.78 is 0. The molecule has 1 aromatic carbocycles. The minimum absolute atomic E-state index is 0.0228. The molecule has 2 aromatic heterocycles. The third kappa shape index (κ3) is 2.62. The Hall–Kier alpha value is -3.09. The highest BCUT2D eigenvalue weighted by Crippen LogP contribution is 2.32. The zero-order chi connectivity index (χ0) is 14.7. The number of anilines is 1. The monoisotopic (exact) mass is 281 g/mol. The summed E-state index contributed by atoms with van der Waals surface area (Å²) in [6.07, 6.45) is 4.68. The topological polar surface area (TPSA) is 93.8 Å². The van der Waals surface area contributed by atoms with Crippen LogP contribution in [0.5, 0.6) is 0 Å². The highest BCUT2D eigenvalue weighted by atomic mass is 16.6. The van der Waals surface area contributed by atoms with Crippen LogP contribution in [0.4, 0.5) is 11.4 Å². The predicted molar refractivity (Wildman–Crippen MR) is 77.8 cm³/mol. The van der Waals surface area contributed by atoms with Gasteiger partial charge in [0.1, 0.15) is 12.0 Å². The summed E-state index contributed by atoms with van der Waals surface area (Å²) in [6.45, 7) is 0.384. The van der Waals surface area contributed by atoms with Crippen molar-refractivity contribution in [3.8, 4) is 0 Å². The molecular formula is C14H11N5O2. The average Bonchev–Trinajstić information content (AvgIpc) is 2.53. The number of pyridine rings is 1. The lowest BCUT2D eigenvalue weighted by Gasteiger charge is -2.08. The van der Waals surface area contributed by atoms with Gasteiger partial charge in [-0.3, -0.25) is 15.1 Å². The molecule has 0 amide bonds. The molecule has 1 N–H and O–H groups in total. The van der Waals surface area contributed by atoms with E-state index in [0.29, 0.717) is 23.1 Å². The molecule has 0 saturated heterocycles. The summed E-state index contributed by atoms with van der Waals surface area (Å²) in [5, 5.41) is 14.9. The number of hydrogen-bond acceptors (Lipinski definition) is 6. The second kappa shape index (κ2) is 5.49. The first-order valence-electron chi connectivity index (χ1n) is 6.26. The summed E-state index contributed by atoms with van der Waals surface area (Å²) >= 11 is 0. The van der Waals surface area contributed by atoms with Crippen molar-refractivity contribution in [2.45, 2.75) is 6.54 Å². The molecule has 0 aliphatic rings. The molecule has 0 aliphatic heterocycles. The second-order valence-corrected chi connectivity index (χ2v) is 4.34. The molecule has 7 nitrogen and oxygen atoms in total. The van der Waals surface area contributed by atoms with Crippen molar-refractivity contribution in [2.75, 3.05) is 5.32 Å². The quantitative estimate of drug-likeness (QED) is 0.583. The van der Waals surface area contributed by atoms with E-state index in [9.17, 15) is 10.1 Å². The van der Waals surface area contributed by atoms with Gasteiger partial charge in [0.25, 0.3) is 0 Å². The summed E-state index contributed by atoms with van der Waals surface area (Å²) in [4.78, 5) is 23.0. The van der Waals surface area contributed by atoms with Crippen molar-refractivity contribution >= 4 is 22.3 Å². The molecule has 104 valence electrons. The van der Waals surface area contributed by atoms with Crippen molar-refractivity contribution in [1.82, 2.24) is 15.0 Å². The maximum absolute atomic E-state index is 11.4. The molecule has 0 aliphatic carbocycles. The normalized spacial score (nSPS) is 10.5. The van der Waals surface area contributed by atoms with Gasteiger partial charge in [0, 0.05) is 12.4 Å². The summed E-state index contributed by atoms with van der Waals surface area (Å²) in [7, 11) is 0. The van der Waals surface area contributed by atoms with Crippen LogP contribution in [0.1, 0.15) is 5.69 Å². The molecular weight excluding hydrogens is 270 g/mol. The van der Waals surface area contributed by atoms with Crippen molar-refractivity contribution in [1.29, 1.82) is 0 Å². The van der Waals surface area contributed by atoms with Gasteiger partial charge < -0.3 is 5.32 Å². The molecule has 2 heterocycles. The van der Waals surface area contributed by atoms with Crippen LogP contribution in [0.3, 0.4) is 0 Å². The Morgan fingerprint density at radius 3 is 2.81 bits per heavy atom. The van der Waals surface area contributed by atoms with Gasteiger partial charge in [0.05, 0.1) is 28.1 Å². The maximum atomic E-state index is 11.4. The van der Waals surface area contributed by atoms with Crippen LogP contribution in [-0.4, -0.2) is 19.9 Å². The number of nitro groups is 1. The van der Waals surface area contributed by atoms with Crippen LogP contribution in [0.2, 0.25) is 0 Å². The van der Waals surface area contributed by atoms with Crippen LogP contribution in [0, 0.1) is 10.1 Å². The van der Waals surface area contributed by atoms with E-state index in [1.807, 2.05) is 0 Å². The van der Waals surface area contributed by atoms with Gasteiger partial charge in [-0.15, -0.1) is 0 Å². The number of nitrogens with zero attached hydrogens (tertiary/aromatic N) is 4. The highest BCUT2D eigenvalue weighted by Gasteiger charge is 2.18. The lowest BCUT2D eigenvalue weighted by molar-refractivity contribution is -0.382. The summed E-state index contributed by atoms with van der Waals surface area (Å²) in [5.74, 6) is 0. The Labute approximate surface area is 119 Å². The van der Waals surface area contributed by atoms with Crippen molar-refractivity contribution in [3.63, 3.8) is 0 Å². The fourth-order valence-corrected chi connectivity index (χ4v) is 2.08. The van der Waals surface area contributed by atoms with Crippen molar-refractivity contribution < 1.29 is 4.92 Å². The third-order valence-electron chi connectivity index (χ3n) is 3.04. The van der Waals surface area contributed by atoms with E-state index in [0.717, 1.165) is 5.69 Å². The average molecular weight is 281 g/mol. The zero-order valence-corrected chi connectivity index (χ0v) is 10.9. The number of aromatic nitrogens is 3. The molecule has 0 fully saturated rings. The molecule has 21 heavy (non-hydrogen) atoms. The molecule has 3 rings (SSSR count). The minimum Gasteiger partial charge on any atom is -0.374 e. The first-order chi connectivity index (χ1) is 10.3. The predicted octanol–water partition coefficient (Wildman–Crippen LogP) is 2.55. The van der Waals surface area contributed by atoms with Crippen molar-refractivity contribution in [3.05, 3.63) is 64.9 Å². The van der Waals surface area contributed by atoms with E-state index in [2.05, 4.69) is 20.3 Å². The van der Waals surface area contributed by atoms with Crippen LogP contribution in [0.25, 0.3) is 10.9 Å². The minimum atomic E-state index is -0.397. The number of hydrogen-bond donors (Lipinski definition) is 1. The van der Waals surface area contributed by atoms with E-state index in [1.165, 1.54) is 6.33 Å². The molecule has 0 spiro atoms. The highest BCUT2D eigenvalue weighted by molar-refractivity contribution is 5.94. The van der Waals surface area contributed by atoms with Crippen LogP contribution >= 0.6 is 0 Å². The molecule has 3 aromatic rings. The van der Waals surface area contributed by atoms with Gasteiger partial charge in [-0.2, -0.15) is 0 Å². The fourth-order valence-electron chi connectivity index (χ4n) is 2.08. The number of fused-ring (bicyclic) bond motifs is 1. The zero-order valence-electron chi connectivity index (χ0n) is 10.9. The summed E-state index contributed by atoms with van der Waals surface area (Å²) in [6, 6.07) is 8.54. The second-order valence-electron chi connectivity index (χ2n) is 4.34. The Balaban J connectivity index is 1.98. The molecule has 0 atom stereocenters. The van der Waals surface area contributed by atoms with E-state index in [1.54, 1.807) is 42.7 Å². The number of nitro benzene ring substituents is 1. The molecule has 0 radical (unpaired) electrons. The SMILES string of the molecule is O=[N+]([O-])c1c(NCc2ccncn2)ccc2ncccc12. The van der Waals surface area contributed by atoms with Gasteiger partial charge in [-0.1, -0.05) is 0 Å². The Bertz CT molecular complexity index is 792. The standard InChI is InChI=1S/C14H11N5O2/c20-19(21)14-11-2-1-6-16-12(11)3-4-13(14)17-8-10-5-7-15-9-18-10/h1-7,9,17H,8H2. The molecule has 0 saturated carbocycles. The van der Waals surface area contributed by atoms with Gasteiger partial charge in [-0.05, 0) is 30.3 Å². The van der Waals surface area contributed by atoms with Gasteiger partial charge in [0.15, 0.2) is 0 Å². The Kier molecular flexibility index (Phi) is 3.38. The largest absolute Gasteiger partial charge is 0.374 e. The smallest absolute Gasteiger partial charge is 0.301 e. The van der Waals surface area contributed by atoms with Crippen LogP contribution in [0.15, 0.2) is 49.1 Å². The third-order valence-corrected chi connectivity index (χ3v) is 3.04. The fraction of sp³-hybridized carbons (Fsp3) is 0.0714. The maximum Gasteiger partial charge on any atom is 0.301 e. The lowest BCUT2D eigenvalue weighted by atomic mass is 10.1. The number of rotatable bonds is 4. The Morgan fingerprint density at radius 1 is 1.14 bits per heavy atom. The lowest BCUT2D eigenvalue weighted by Crippen LogP contribution is -2.04. The number of nitrogens with one attached hydrogen (secondary N) is 1. The Morgan fingerprint density at radius 2 is 2.05 bits per heavy atom. The van der Waals surface area contributed by atoms with Gasteiger partial charge in [0.2, 0.25) is 0 Å². The van der Waals surface area contributed by atoms with Crippen molar-refractivity contribution in [2.24, 2.45) is 0 Å². The van der Waals surface area contributed by atoms with E-state index < -0.39 is 4.92 Å². The van der Waals surface area contributed by atoms with E-state index in [4.69, 9.17) is 0 Å². The van der Waals surface area contributed by atoms with Crippen LogP contribution < -0.4 is 5.32 Å². The first-order valence-corrected chi connectivity index (χ1v) is 6.26. The number of benzene rings is 1. The molecule has 0 unspecified atom stereocenters. The van der Waals surface area contributed by atoms with Crippen LogP contribution in [-0.2, 0) is 6.54 Å². The summed E-state index contributed by atoms with van der Waals surface area (Å²) in [5.41, 5.74) is 1.82. The molecule has 7 heteroatoms. The van der Waals surface area contributed by atoms with E-state index >= 15 is 0 Å². The molecule has 0 bridgehead atoms. The van der Waals surface area contributed by atoms with Gasteiger partial charge in [-0.25, -0.2) is 9.97 Å².